The third-order valence-corrected chi connectivity index (χ3v) is 4.41. The maximum absolute atomic E-state index is 12.4. The Morgan fingerprint density at radius 3 is 2.77 bits per heavy atom. The fraction of sp³-hybridized carbons (Fsp3) is 0.400. The van der Waals surface area contributed by atoms with Crippen molar-refractivity contribution < 1.29 is 14.3 Å². The molecule has 6 heteroatoms. The van der Waals surface area contributed by atoms with Gasteiger partial charge in [-0.25, -0.2) is 9.78 Å². The number of nitrogens with zero attached hydrogens (tertiary/aromatic N) is 2. The van der Waals surface area contributed by atoms with Gasteiger partial charge in [-0.2, -0.15) is 0 Å². The molecule has 0 fully saturated rings. The van der Waals surface area contributed by atoms with E-state index in [-0.39, 0.29) is 6.03 Å². The highest BCUT2D eigenvalue weighted by Crippen LogP contribution is 2.20. The average Bonchev–Trinajstić information content (AvgIpc) is 2.67. The van der Waals surface area contributed by atoms with Crippen molar-refractivity contribution in [3.8, 4) is 5.88 Å². The maximum atomic E-state index is 12.4. The summed E-state index contributed by atoms with van der Waals surface area (Å²) in [5.41, 5.74) is 4.38. The summed E-state index contributed by atoms with van der Waals surface area (Å²) in [4.78, 5) is 18.8. The second-order valence-electron chi connectivity index (χ2n) is 6.41. The molecule has 0 saturated carbocycles. The number of nitrogens with one attached hydrogen (secondary N) is 1. The number of urea groups is 1. The van der Waals surface area contributed by atoms with Gasteiger partial charge in [-0.05, 0) is 18.1 Å². The third kappa shape index (κ3) is 4.73. The molecule has 0 radical (unpaired) electrons. The number of carbonyl (C=O) groups excluding carboxylic acids is 1. The van der Waals surface area contributed by atoms with Crippen molar-refractivity contribution in [3.05, 3.63) is 58.8 Å². The highest BCUT2D eigenvalue weighted by atomic mass is 16.5. The van der Waals surface area contributed by atoms with Gasteiger partial charge in [-0.1, -0.05) is 35.9 Å². The monoisotopic (exact) mass is 355 g/mol. The number of fused-ring (bicyclic) bond motifs is 1. The van der Waals surface area contributed by atoms with Gasteiger partial charge in [-0.3, -0.25) is 0 Å². The topological polar surface area (TPSA) is 63.7 Å². The number of aryl methyl sites for hydroxylation is 1. The quantitative estimate of drug-likeness (QED) is 0.809. The normalized spacial score (nSPS) is 13.2. The molecule has 0 saturated heterocycles. The molecule has 0 unspecified atom stereocenters. The van der Waals surface area contributed by atoms with Gasteiger partial charge in [0.2, 0.25) is 5.88 Å². The summed E-state index contributed by atoms with van der Waals surface area (Å²) in [6, 6.07) is 12.0. The molecule has 26 heavy (non-hydrogen) atoms. The molecule has 3 rings (SSSR count). The zero-order chi connectivity index (χ0) is 18.4. The van der Waals surface area contributed by atoms with Crippen LogP contribution in [0, 0.1) is 6.92 Å². The van der Waals surface area contributed by atoms with Crippen LogP contribution in [0.25, 0.3) is 0 Å². The van der Waals surface area contributed by atoms with Crippen LogP contribution in [0.2, 0.25) is 0 Å². The van der Waals surface area contributed by atoms with E-state index in [2.05, 4.69) is 29.4 Å². The standard InChI is InChI=1S/C20H25N3O3/c1-15-3-5-16(6-4-15)13-21-20(24)23-10-9-18-17(14-23)7-8-19(22-18)26-12-11-25-2/h3-8H,9-14H2,1-2H3,(H,21,24). The number of methoxy groups -OCH3 is 1. The molecule has 1 N–H and O–H groups in total. The van der Waals surface area contributed by atoms with Gasteiger partial charge >= 0.3 is 6.03 Å². The molecule has 1 aromatic carbocycles. The first-order valence-corrected chi connectivity index (χ1v) is 8.84. The van der Waals surface area contributed by atoms with Crippen molar-refractivity contribution in [2.45, 2.75) is 26.4 Å². The summed E-state index contributed by atoms with van der Waals surface area (Å²) in [6.07, 6.45) is 0.731. The zero-order valence-corrected chi connectivity index (χ0v) is 15.3. The number of aromatic nitrogens is 1. The minimum atomic E-state index is -0.0448. The zero-order valence-electron chi connectivity index (χ0n) is 15.3. The number of amides is 2. The Morgan fingerprint density at radius 1 is 1.19 bits per heavy atom. The van der Waals surface area contributed by atoms with Crippen molar-refractivity contribution in [2.75, 3.05) is 26.9 Å². The molecule has 1 aromatic heterocycles. The molecule has 138 valence electrons. The minimum absolute atomic E-state index is 0.0448. The van der Waals surface area contributed by atoms with E-state index in [1.807, 2.05) is 29.2 Å². The second-order valence-corrected chi connectivity index (χ2v) is 6.41. The van der Waals surface area contributed by atoms with E-state index in [9.17, 15) is 4.79 Å². The van der Waals surface area contributed by atoms with Gasteiger partial charge in [-0.15, -0.1) is 0 Å². The number of ether oxygens (including phenoxy) is 2. The summed E-state index contributed by atoms with van der Waals surface area (Å²) < 4.78 is 10.5. The minimum Gasteiger partial charge on any atom is -0.475 e. The van der Waals surface area contributed by atoms with Crippen LogP contribution in [0.3, 0.4) is 0 Å². The summed E-state index contributed by atoms with van der Waals surface area (Å²) >= 11 is 0. The van der Waals surface area contributed by atoms with Crippen LogP contribution in [-0.2, 0) is 24.2 Å². The van der Waals surface area contributed by atoms with Gasteiger partial charge < -0.3 is 19.7 Å². The van der Waals surface area contributed by atoms with Crippen molar-refractivity contribution in [1.82, 2.24) is 15.2 Å². The lowest BCUT2D eigenvalue weighted by Crippen LogP contribution is -2.42. The van der Waals surface area contributed by atoms with Crippen LogP contribution in [-0.4, -0.2) is 42.8 Å². The molecule has 2 amide bonds. The van der Waals surface area contributed by atoms with Crippen LogP contribution in [0.1, 0.15) is 22.4 Å². The summed E-state index contributed by atoms with van der Waals surface area (Å²) in [5, 5.41) is 2.99. The van der Waals surface area contributed by atoms with Crippen LogP contribution < -0.4 is 10.1 Å². The smallest absolute Gasteiger partial charge is 0.317 e. The lowest BCUT2D eigenvalue weighted by atomic mass is 10.1. The predicted octanol–water partition coefficient (Wildman–Crippen LogP) is 2.68. The Labute approximate surface area is 154 Å². The summed E-state index contributed by atoms with van der Waals surface area (Å²) in [7, 11) is 1.64. The molecule has 1 aliphatic heterocycles. The first kappa shape index (κ1) is 18.2. The van der Waals surface area contributed by atoms with Crippen molar-refractivity contribution >= 4 is 6.03 Å². The molecule has 0 atom stereocenters. The summed E-state index contributed by atoms with van der Waals surface area (Å²) in [6.45, 7) is 4.83. The molecule has 2 heterocycles. The van der Waals surface area contributed by atoms with Gasteiger partial charge in [0.1, 0.15) is 6.61 Å². The van der Waals surface area contributed by atoms with Crippen LogP contribution in [0.15, 0.2) is 36.4 Å². The fourth-order valence-electron chi connectivity index (χ4n) is 2.87. The predicted molar refractivity (Wildman–Crippen MR) is 99.1 cm³/mol. The second kappa shape index (κ2) is 8.67. The highest BCUT2D eigenvalue weighted by Gasteiger charge is 2.21. The maximum Gasteiger partial charge on any atom is 0.317 e. The average molecular weight is 355 g/mol. The lowest BCUT2D eigenvalue weighted by molar-refractivity contribution is 0.143. The van der Waals surface area contributed by atoms with Crippen molar-refractivity contribution in [2.24, 2.45) is 0 Å². The van der Waals surface area contributed by atoms with Crippen LogP contribution in [0.5, 0.6) is 5.88 Å². The summed E-state index contributed by atoms with van der Waals surface area (Å²) in [5.74, 6) is 0.609. The van der Waals surface area contributed by atoms with Crippen molar-refractivity contribution in [3.63, 3.8) is 0 Å². The molecular formula is C20H25N3O3. The Kier molecular flexibility index (Phi) is 6.07. The Hall–Kier alpha value is -2.60. The van der Waals surface area contributed by atoms with Gasteiger partial charge in [0.25, 0.3) is 0 Å². The molecule has 0 bridgehead atoms. The largest absolute Gasteiger partial charge is 0.475 e. The van der Waals surface area contributed by atoms with E-state index in [1.165, 1.54) is 5.56 Å². The molecule has 1 aliphatic rings. The Morgan fingerprint density at radius 2 is 2.00 bits per heavy atom. The van der Waals surface area contributed by atoms with Gasteiger partial charge in [0.15, 0.2) is 0 Å². The van der Waals surface area contributed by atoms with Crippen molar-refractivity contribution in [1.29, 1.82) is 0 Å². The highest BCUT2D eigenvalue weighted by molar-refractivity contribution is 5.74. The molecule has 0 aliphatic carbocycles. The van der Waals surface area contributed by atoms with Gasteiger partial charge in [0, 0.05) is 39.2 Å². The van der Waals surface area contributed by atoms with E-state index in [4.69, 9.17) is 9.47 Å². The van der Waals surface area contributed by atoms with E-state index in [1.54, 1.807) is 7.11 Å². The lowest BCUT2D eigenvalue weighted by Gasteiger charge is -2.28. The van der Waals surface area contributed by atoms with Gasteiger partial charge in [0.05, 0.1) is 12.3 Å². The SMILES string of the molecule is COCCOc1ccc2c(n1)CCN(C(=O)NCc1ccc(C)cc1)C2. The Balaban J connectivity index is 1.54. The van der Waals surface area contributed by atoms with E-state index >= 15 is 0 Å². The third-order valence-electron chi connectivity index (χ3n) is 4.41. The fourth-order valence-corrected chi connectivity index (χ4v) is 2.87. The number of hydrogen-bond donors (Lipinski definition) is 1. The van der Waals surface area contributed by atoms with E-state index in [0.717, 1.165) is 23.2 Å². The van der Waals surface area contributed by atoms with E-state index in [0.29, 0.717) is 38.7 Å². The Bertz CT molecular complexity index is 746. The first-order chi connectivity index (χ1) is 12.7. The van der Waals surface area contributed by atoms with Crippen LogP contribution in [0.4, 0.5) is 4.79 Å². The number of rotatable bonds is 6. The molecular weight excluding hydrogens is 330 g/mol. The molecule has 2 aromatic rings. The van der Waals surface area contributed by atoms with E-state index < -0.39 is 0 Å². The van der Waals surface area contributed by atoms with Crippen LogP contribution >= 0.6 is 0 Å². The molecule has 6 nitrogen and oxygen atoms in total. The molecule has 0 spiro atoms. The number of carbonyl (C=O) groups is 1. The number of pyridine rings is 1. The number of hydrogen-bond acceptors (Lipinski definition) is 4. The number of benzene rings is 1. The first-order valence-electron chi connectivity index (χ1n) is 8.84.